The van der Waals surface area contributed by atoms with Crippen molar-refractivity contribution in [3.05, 3.63) is 83.4 Å². The number of carbonyl (C=O) groups is 1. The zero-order valence-electron chi connectivity index (χ0n) is 17.1. The van der Waals surface area contributed by atoms with E-state index in [1.807, 2.05) is 26.0 Å². The van der Waals surface area contributed by atoms with Crippen molar-refractivity contribution < 1.29 is 17.9 Å². The molecule has 0 atom stereocenters. The summed E-state index contributed by atoms with van der Waals surface area (Å²) < 4.78 is 34.0. The standard InChI is InChI=1S/C23H24N2O4S/c1-4-29-20-10-7-9-19(15-20)24-23(26)18-13-12-17(3)22(14-18)30(27,28)25-21-11-6-5-8-16(21)2/h5-15,25H,4H2,1-3H3,(H,24,26). The third-order valence-electron chi connectivity index (χ3n) is 4.53. The number of hydrogen-bond acceptors (Lipinski definition) is 4. The normalized spacial score (nSPS) is 11.0. The highest BCUT2D eigenvalue weighted by atomic mass is 32.2. The minimum Gasteiger partial charge on any atom is -0.494 e. The third-order valence-corrected chi connectivity index (χ3v) is 6.04. The van der Waals surface area contributed by atoms with Gasteiger partial charge in [-0.25, -0.2) is 8.42 Å². The smallest absolute Gasteiger partial charge is 0.262 e. The van der Waals surface area contributed by atoms with Crippen LogP contribution < -0.4 is 14.8 Å². The van der Waals surface area contributed by atoms with Crippen molar-refractivity contribution in [3.63, 3.8) is 0 Å². The molecule has 7 heteroatoms. The SMILES string of the molecule is CCOc1cccc(NC(=O)c2ccc(C)c(S(=O)(=O)Nc3ccccc3C)c2)c1. The summed E-state index contributed by atoms with van der Waals surface area (Å²) in [4.78, 5) is 12.8. The molecule has 156 valence electrons. The van der Waals surface area contributed by atoms with Gasteiger partial charge >= 0.3 is 0 Å². The van der Waals surface area contributed by atoms with Gasteiger partial charge in [0.25, 0.3) is 15.9 Å². The topological polar surface area (TPSA) is 84.5 Å². The zero-order valence-corrected chi connectivity index (χ0v) is 17.9. The first kappa shape index (κ1) is 21.4. The lowest BCUT2D eigenvalue weighted by Crippen LogP contribution is -2.17. The number of nitrogens with one attached hydrogen (secondary N) is 2. The van der Waals surface area contributed by atoms with E-state index in [0.29, 0.717) is 29.3 Å². The van der Waals surface area contributed by atoms with Crippen LogP contribution in [0.3, 0.4) is 0 Å². The Labute approximate surface area is 177 Å². The van der Waals surface area contributed by atoms with E-state index in [1.165, 1.54) is 6.07 Å². The highest BCUT2D eigenvalue weighted by molar-refractivity contribution is 7.92. The number of rotatable bonds is 7. The monoisotopic (exact) mass is 424 g/mol. The van der Waals surface area contributed by atoms with Crippen LogP contribution in [0.25, 0.3) is 0 Å². The Balaban J connectivity index is 1.86. The molecule has 0 bridgehead atoms. The number of hydrogen-bond donors (Lipinski definition) is 2. The fourth-order valence-electron chi connectivity index (χ4n) is 2.95. The Bertz CT molecular complexity index is 1170. The largest absolute Gasteiger partial charge is 0.494 e. The number of carbonyl (C=O) groups excluding carboxylic acids is 1. The van der Waals surface area contributed by atoms with Crippen LogP contribution in [0.1, 0.15) is 28.4 Å². The van der Waals surface area contributed by atoms with Gasteiger partial charge in [-0.05, 0) is 62.2 Å². The van der Waals surface area contributed by atoms with Gasteiger partial charge in [0.1, 0.15) is 5.75 Å². The molecule has 3 aromatic rings. The van der Waals surface area contributed by atoms with E-state index < -0.39 is 15.9 Å². The van der Waals surface area contributed by atoms with Gasteiger partial charge in [-0.15, -0.1) is 0 Å². The minimum absolute atomic E-state index is 0.0569. The fourth-order valence-corrected chi connectivity index (χ4v) is 4.35. The second kappa shape index (κ2) is 9.00. The molecule has 6 nitrogen and oxygen atoms in total. The summed E-state index contributed by atoms with van der Waals surface area (Å²) >= 11 is 0. The lowest BCUT2D eigenvalue weighted by Gasteiger charge is -2.14. The molecule has 0 saturated carbocycles. The molecule has 0 heterocycles. The van der Waals surface area contributed by atoms with Gasteiger partial charge in [0.05, 0.1) is 17.2 Å². The number of sulfonamides is 1. The average molecular weight is 425 g/mol. The van der Waals surface area contributed by atoms with Crippen molar-refractivity contribution in [1.82, 2.24) is 0 Å². The first-order valence-corrected chi connectivity index (χ1v) is 11.0. The number of benzene rings is 3. The zero-order chi connectivity index (χ0) is 21.7. The number of para-hydroxylation sites is 1. The molecule has 0 aliphatic heterocycles. The van der Waals surface area contributed by atoms with E-state index in [0.717, 1.165) is 5.56 Å². The molecule has 0 fully saturated rings. The molecule has 1 amide bonds. The van der Waals surface area contributed by atoms with Crippen molar-refractivity contribution in [2.24, 2.45) is 0 Å². The van der Waals surface area contributed by atoms with Crippen LogP contribution in [0.15, 0.2) is 71.6 Å². The molecule has 30 heavy (non-hydrogen) atoms. The average Bonchev–Trinajstić information content (AvgIpc) is 2.70. The Kier molecular flexibility index (Phi) is 6.42. The first-order chi connectivity index (χ1) is 14.3. The minimum atomic E-state index is -3.86. The first-order valence-electron chi connectivity index (χ1n) is 9.53. The van der Waals surface area contributed by atoms with E-state index in [9.17, 15) is 13.2 Å². The van der Waals surface area contributed by atoms with Crippen LogP contribution in [-0.4, -0.2) is 20.9 Å². The Morgan fingerprint density at radius 2 is 1.70 bits per heavy atom. The second-order valence-corrected chi connectivity index (χ2v) is 8.47. The molecule has 0 unspecified atom stereocenters. The van der Waals surface area contributed by atoms with Crippen LogP contribution in [0.4, 0.5) is 11.4 Å². The maximum absolute atomic E-state index is 13.0. The van der Waals surface area contributed by atoms with Gasteiger partial charge in [-0.1, -0.05) is 30.3 Å². The Morgan fingerprint density at radius 1 is 0.933 bits per heavy atom. The second-order valence-electron chi connectivity index (χ2n) is 6.82. The van der Waals surface area contributed by atoms with Gasteiger partial charge in [-0.2, -0.15) is 0 Å². The van der Waals surface area contributed by atoms with Crippen molar-refractivity contribution >= 4 is 27.3 Å². The molecule has 0 spiro atoms. The van der Waals surface area contributed by atoms with Gasteiger partial charge in [0.15, 0.2) is 0 Å². The van der Waals surface area contributed by atoms with Crippen LogP contribution in [-0.2, 0) is 10.0 Å². The molecular weight excluding hydrogens is 400 g/mol. The Morgan fingerprint density at radius 3 is 2.43 bits per heavy atom. The molecule has 0 radical (unpaired) electrons. The number of amides is 1. The lowest BCUT2D eigenvalue weighted by atomic mass is 10.1. The van der Waals surface area contributed by atoms with Gasteiger partial charge in [-0.3, -0.25) is 9.52 Å². The number of anilines is 2. The summed E-state index contributed by atoms with van der Waals surface area (Å²) in [6, 6.07) is 18.8. The summed E-state index contributed by atoms with van der Waals surface area (Å²) in [6.07, 6.45) is 0. The van der Waals surface area contributed by atoms with E-state index >= 15 is 0 Å². The van der Waals surface area contributed by atoms with Gasteiger partial charge in [0, 0.05) is 17.3 Å². The molecule has 0 aromatic heterocycles. The summed E-state index contributed by atoms with van der Waals surface area (Å²) in [5.74, 6) is 0.237. The highest BCUT2D eigenvalue weighted by Gasteiger charge is 2.20. The van der Waals surface area contributed by atoms with Crippen LogP contribution in [0, 0.1) is 13.8 Å². The fraction of sp³-hybridized carbons (Fsp3) is 0.174. The van der Waals surface area contributed by atoms with Crippen molar-refractivity contribution in [3.8, 4) is 5.75 Å². The molecule has 2 N–H and O–H groups in total. The summed E-state index contributed by atoms with van der Waals surface area (Å²) in [6.45, 7) is 5.92. The number of aryl methyl sites for hydroxylation is 2. The lowest BCUT2D eigenvalue weighted by molar-refractivity contribution is 0.102. The van der Waals surface area contributed by atoms with Crippen LogP contribution in [0.5, 0.6) is 5.75 Å². The quantitative estimate of drug-likeness (QED) is 0.573. The Hall–Kier alpha value is -3.32. The predicted molar refractivity (Wildman–Crippen MR) is 119 cm³/mol. The van der Waals surface area contributed by atoms with Gasteiger partial charge < -0.3 is 10.1 Å². The molecule has 0 aliphatic rings. The predicted octanol–water partition coefficient (Wildman–Crippen LogP) is 4.76. The highest BCUT2D eigenvalue weighted by Crippen LogP contribution is 2.24. The molecular formula is C23H24N2O4S. The third kappa shape index (κ3) is 4.99. The molecule has 3 aromatic carbocycles. The molecule has 0 saturated heterocycles. The van der Waals surface area contributed by atoms with E-state index in [2.05, 4.69) is 10.0 Å². The van der Waals surface area contributed by atoms with Gasteiger partial charge in [0.2, 0.25) is 0 Å². The van der Waals surface area contributed by atoms with Crippen molar-refractivity contribution in [2.45, 2.75) is 25.7 Å². The van der Waals surface area contributed by atoms with E-state index in [1.54, 1.807) is 55.5 Å². The molecule has 3 rings (SSSR count). The van der Waals surface area contributed by atoms with Crippen molar-refractivity contribution in [1.29, 1.82) is 0 Å². The van der Waals surface area contributed by atoms with E-state index in [4.69, 9.17) is 4.74 Å². The summed E-state index contributed by atoms with van der Waals surface area (Å²) in [5.41, 5.74) is 2.66. The number of ether oxygens (including phenoxy) is 1. The summed E-state index contributed by atoms with van der Waals surface area (Å²) in [5, 5.41) is 2.78. The van der Waals surface area contributed by atoms with E-state index in [-0.39, 0.29) is 10.5 Å². The van der Waals surface area contributed by atoms with Crippen molar-refractivity contribution in [2.75, 3.05) is 16.6 Å². The maximum atomic E-state index is 13.0. The van der Waals surface area contributed by atoms with Crippen LogP contribution >= 0.6 is 0 Å². The molecule has 0 aliphatic carbocycles. The maximum Gasteiger partial charge on any atom is 0.262 e. The summed E-state index contributed by atoms with van der Waals surface area (Å²) in [7, 11) is -3.86. The van der Waals surface area contributed by atoms with Crippen LogP contribution in [0.2, 0.25) is 0 Å².